The van der Waals surface area contributed by atoms with Crippen LogP contribution in [0.5, 0.6) is 0 Å². The summed E-state index contributed by atoms with van der Waals surface area (Å²) in [6.07, 6.45) is 11.5. The molecule has 1 aromatic rings. The van der Waals surface area contributed by atoms with Gasteiger partial charge in [0.1, 0.15) is 0 Å². The van der Waals surface area contributed by atoms with E-state index in [1.54, 1.807) is 28.0 Å². The average molecular weight is 467 g/mol. The maximum atomic E-state index is 13.6. The molecule has 0 unspecified atom stereocenters. The first kappa shape index (κ1) is 25.9. The molecule has 1 saturated heterocycles. The standard InChI is InChI=1S/C28H38N2O4/c1-20(2)9-7-10-21(3)15-17-30-25-14-13-23(29-16-8-12-26(29)32)19-24(25)28(34,27(30)33)22(4)11-5-6-18-31/h5,9,11,13-15,19,22,31,34H,6-8,10,12,16-18H2,1-4H3/b11-5+,21-15+/t22-,28+/m1/s1. The predicted octanol–water partition coefficient (Wildman–Crippen LogP) is 4.62. The van der Waals surface area contributed by atoms with E-state index >= 15 is 0 Å². The number of benzene rings is 1. The van der Waals surface area contributed by atoms with E-state index in [-0.39, 0.29) is 18.4 Å². The van der Waals surface area contributed by atoms with Crippen LogP contribution in [-0.4, -0.2) is 41.7 Å². The second kappa shape index (κ2) is 11.2. The minimum Gasteiger partial charge on any atom is -0.396 e. The third-order valence-corrected chi connectivity index (χ3v) is 6.73. The highest BCUT2D eigenvalue weighted by molar-refractivity contribution is 6.08. The molecule has 2 atom stereocenters. The molecule has 1 aromatic carbocycles. The first-order valence-corrected chi connectivity index (χ1v) is 12.3. The molecule has 0 saturated carbocycles. The molecule has 2 N–H and O–H groups in total. The molecule has 0 aliphatic carbocycles. The van der Waals surface area contributed by atoms with Crippen LogP contribution in [0.1, 0.15) is 65.4 Å². The lowest BCUT2D eigenvalue weighted by molar-refractivity contribution is -0.139. The SMILES string of the molecule is CC(C)=CCC/C(C)=C/CN1C(=O)[C@](O)([C@H](C)/C=C/CCO)c2cc(N3CCCC3=O)ccc21. The normalized spacial score (nSPS) is 21.5. The monoisotopic (exact) mass is 466 g/mol. The van der Waals surface area contributed by atoms with Crippen LogP contribution in [0.3, 0.4) is 0 Å². The van der Waals surface area contributed by atoms with Gasteiger partial charge in [0.05, 0.1) is 5.69 Å². The summed E-state index contributed by atoms with van der Waals surface area (Å²) in [4.78, 5) is 29.3. The first-order valence-electron chi connectivity index (χ1n) is 12.3. The summed E-state index contributed by atoms with van der Waals surface area (Å²) in [5.41, 5.74) is 2.68. The van der Waals surface area contributed by atoms with Crippen molar-refractivity contribution in [3.8, 4) is 0 Å². The second-order valence-corrected chi connectivity index (χ2v) is 9.63. The Hall–Kier alpha value is -2.70. The van der Waals surface area contributed by atoms with E-state index in [1.807, 2.05) is 19.1 Å². The summed E-state index contributed by atoms with van der Waals surface area (Å²) >= 11 is 0. The number of carbonyl (C=O) groups is 2. The highest BCUT2D eigenvalue weighted by Gasteiger charge is 2.52. The number of aliphatic hydroxyl groups excluding tert-OH is 1. The smallest absolute Gasteiger partial charge is 0.264 e. The zero-order valence-electron chi connectivity index (χ0n) is 20.9. The third-order valence-electron chi connectivity index (χ3n) is 6.73. The van der Waals surface area contributed by atoms with Gasteiger partial charge in [-0.3, -0.25) is 9.59 Å². The fourth-order valence-corrected chi connectivity index (χ4v) is 4.66. The first-order chi connectivity index (χ1) is 16.2. The van der Waals surface area contributed by atoms with Crippen LogP contribution in [-0.2, 0) is 15.2 Å². The van der Waals surface area contributed by atoms with Crippen LogP contribution in [0.15, 0.2) is 53.6 Å². The minimum absolute atomic E-state index is 0.0103. The molecule has 2 heterocycles. The molecule has 34 heavy (non-hydrogen) atoms. The molecule has 0 bridgehead atoms. The highest BCUT2D eigenvalue weighted by atomic mass is 16.3. The molecule has 0 spiro atoms. The van der Waals surface area contributed by atoms with E-state index in [9.17, 15) is 14.7 Å². The van der Waals surface area contributed by atoms with Crippen molar-refractivity contribution in [2.75, 3.05) is 29.5 Å². The number of rotatable bonds is 10. The van der Waals surface area contributed by atoms with Crippen LogP contribution in [0.25, 0.3) is 0 Å². The number of carbonyl (C=O) groups excluding carboxylic acids is 2. The minimum atomic E-state index is -1.73. The van der Waals surface area contributed by atoms with Gasteiger partial charge in [-0.15, -0.1) is 0 Å². The van der Waals surface area contributed by atoms with Crippen LogP contribution >= 0.6 is 0 Å². The number of fused-ring (bicyclic) bond motifs is 1. The Kier molecular flexibility index (Phi) is 8.50. The van der Waals surface area contributed by atoms with E-state index in [0.717, 1.165) is 19.3 Å². The van der Waals surface area contributed by atoms with Crippen molar-refractivity contribution in [3.05, 3.63) is 59.2 Å². The molecule has 0 radical (unpaired) electrons. The van der Waals surface area contributed by atoms with Gasteiger partial charge in [-0.05, 0) is 64.7 Å². The summed E-state index contributed by atoms with van der Waals surface area (Å²) in [6, 6.07) is 5.52. The summed E-state index contributed by atoms with van der Waals surface area (Å²) in [5, 5.41) is 20.9. The molecule has 1 fully saturated rings. The highest BCUT2D eigenvalue weighted by Crippen LogP contribution is 2.47. The van der Waals surface area contributed by atoms with Gasteiger partial charge < -0.3 is 20.0 Å². The fraction of sp³-hybridized carbons (Fsp3) is 0.500. The summed E-state index contributed by atoms with van der Waals surface area (Å²) in [7, 11) is 0. The van der Waals surface area contributed by atoms with Crippen LogP contribution in [0.4, 0.5) is 11.4 Å². The van der Waals surface area contributed by atoms with Gasteiger partial charge >= 0.3 is 0 Å². The topological polar surface area (TPSA) is 81.1 Å². The lowest BCUT2D eigenvalue weighted by Gasteiger charge is -2.28. The quantitative estimate of drug-likeness (QED) is 0.493. The molecule has 3 rings (SSSR count). The van der Waals surface area contributed by atoms with Crippen molar-refractivity contribution in [2.45, 2.75) is 65.4 Å². The molecule has 6 heteroatoms. The van der Waals surface area contributed by atoms with Crippen molar-refractivity contribution < 1.29 is 19.8 Å². The van der Waals surface area contributed by atoms with E-state index in [2.05, 4.69) is 32.9 Å². The van der Waals surface area contributed by atoms with Crippen LogP contribution in [0.2, 0.25) is 0 Å². The Balaban J connectivity index is 1.95. The maximum absolute atomic E-state index is 13.6. The Morgan fingerprint density at radius 1 is 1.18 bits per heavy atom. The van der Waals surface area contributed by atoms with Crippen molar-refractivity contribution >= 4 is 23.2 Å². The Morgan fingerprint density at radius 3 is 2.59 bits per heavy atom. The molecule has 6 nitrogen and oxygen atoms in total. The third kappa shape index (κ3) is 5.34. The van der Waals surface area contributed by atoms with Crippen LogP contribution < -0.4 is 9.80 Å². The molecule has 2 amide bonds. The molecule has 184 valence electrons. The van der Waals surface area contributed by atoms with Crippen LogP contribution in [0, 0.1) is 5.92 Å². The zero-order valence-corrected chi connectivity index (χ0v) is 20.9. The number of amides is 2. The summed E-state index contributed by atoms with van der Waals surface area (Å²) in [6.45, 7) is 9.08. The number of hydrogen-bond donors (Lipinski definition) is 2. The van der Waals surface area contributed by atoms with Gasteiger partial charge in [0.15, 0.2) is 5.60 Å². The zero-order chi connectivity index (χ0) is 24.9. The van der Waals surface area contributed by atoms with Crippen molar-refractivity contribution in [1.82, 2.24) is 0 Å². The van der Waals surface area contributed by atoms with Gasteiger partial charge in [0, 0.05) is 43.3 Å². The number of anilines is 2. The van der Waals surface area contributed by atoms with E-state index in [1.165, 1.54) is 11.1 Å². The van der Waals surface area contributed by atoms with Gasteiger partial charge in [-0.1, -0.05) is 42.4 Å². The molecule has 0 aromatic heterocycles. The lowest BCUT2D eigenvalue weighted by atomic mass is 9.82. The Morgan fingerprint density at radius 2 is 1.94 bits per heavy atom. The van der Waals surface area contributed by atoms with Crippen molar-refractivity contribution in [2.24, 2.45) is 5.92 Å². The Bertz CT molecular complexity index is 1010. The van der Waals surface area contributed by atoms with Crippen molar-refractivity contribution in [3.63, 3.8) is 0 Å². The van der Waals surface area contributed by atoms with E-state index < -0.39 is 11.5 Å². The molecule has 2 aliphatic rings. The van der Waals surface area contributed by atoms with E-state index in [4.69, 9.17) is 5.11 Å². The number of aliphatic hydroxyl groups is 2. The number of hydrogen-bond acceptors (Lipinski definition) is 4. The lowest BCUT2D eigenvalue weighted by Crippen LogP contribution is -2.44. The summed E-state index contributed by atoms with van der Waals surface area (Å²) in [5.74, 6) is -0.792. The molecule has 2 aliphatic heterocycles. The molecular weight excluding hydrogens is 428 g/mol. The largest absolute Gasteiger partial charge is 0.396 e. The number of nitrogens with zero attached hydrogens (tertiary/aromatic N) is 2. The fourth-order valence-electron chi connectivity index (χ4n) is 4.66. The predicted molar refractivity (Wildman–Crippen MR) is 137 cm³/mol. The van der Waals surface area contributed by atoms with Gasteiger partial charge in [0.25, 0.3) is 5.91 Å². The number of allylic oxidation sites excluding steroid dienone is 3. The molecular formula is C28H38N2O4. The Labute approximate surface area is 203 Å². The maximum Gasteiger partial charge on any atom is 0.264 e. The van der Waals surface area contributed by atoms with Crippen molar-refractivity contribution in [1.29, 1.82) is 0 Å². The summed E-state index contributed by atoms with van der Waals surface area (Å²) < 4.78 is 0. The average Bonchev–Trinajstić information content (AvgIpc) is 3.32. The van der Waals surface area contributed by atoms with Gasteiger partial charge in [0.2, 0.25) is 5.91 Å². The van der Waals surface area contributed by atoms with E-state index in [0.29, 0.717) is 42.9 Å². The second-order valence-electron chi connectivity index (χ2n) is 9.63. The van der Waals surface area contributed by atoms with Gasteiger partial charge in [-0.25, -0.2) is 0 Å². The van der Waals surface area contributed by atoms with Gasteiger partial charge in [-0.2, -0.15) is 0 Å².